The number of hydrogen-bond donors (Lipinski definition) is 1. The summed E-state index contributed by atoms with van der Waals surface area (Å²) in [4.78, 5) is 12.9. The van der Waals surface area contributed by atoms with E-state index in [2.05, 4.69) is 10.2 Å². The molecule has 1 N–H and O–H groups in total. The van der Waals surface area contributed by atoms with Crippen LogP contribution >= 0.6 is 0 Å². The molecule has 1 fully saturated rings. The van der Waals surface area contributed by atoms with Crippen LogP contribution in [0.1, 0.15) is 32.1 Å². The van der Waals surface area contributed by atoms with Crippen LogP contribution in [0.4, 0.5) is 8.78 Å². The summed E-state index contributed by atoms with van der Waals surface area (Å²) >= 11 is 0. The van der Waals surface area contributed by atoms with Gasteiger partial charge in [-0.1, -0.05) is 19.3 Å². The van der Waals surface area contributed by atoms with Crippen molar-refractivity contribution in [2.24, 2.45) is 0 Å². The smallest absolute Gasteiger partial charge is 0.315 e. The summed E-state index contributed by atoms with van der Waals surface area (Å²) in [5.74, 6) is -1.16. The number of nitrogens with one attached hydrogen (secondary N) is 1. The Morgan fingerprint density at radius 3 is 2.31 bits per heavy atom. The molecule has 0 aliphatic heterocycles. The SMILES string of the molecule is CN(C)C1(CNC(=O)C(F)F)CCCCC1. The molecule has 94 valence electrons. The molecule has 0 unspecified atom stereocenters. The first-order valence-electron chi connectivity index (χ1n) is 5.71. The summed E-state index contributed by atoms with van der Waals surface area (Å²) in [5.41, 5.74) is -0.136. The Labute approximate surface area is 95.2 Å². The second-order valence-electron chi connectivity index (χ2n) is 4.70. The van der Waals surface area contributed by atoms with Crippen molar-refractivity contribution in [2.45, 2.75) is 44.1 Å². The minimum Gasteiger partial charge on any atom is -0.349 e. The third kappa shape index (κ3) is 3.14. The maximum absolute atomic E-state index is 12.1. The lowest BCUT2D eigenvalue weighted by molar-refractivity contribution is -0.132. The van der Waals surface area contributed by atoms with Gasteiger partial charge in [-0.3, -0.25) is 4.79 Å². The number of nitrogens with zero attached hydrogens (tertiary/aromatic N) is 1. The van der Waals surface area contributed by atoms with Gasteiger partial charge >= 0.3 is 6.43 Å². The van der Waals surface area contributed by atoms with E-state index < -0.39 is 12.3 Å². The van der Waals surface area contributed by atoms with E-state index in [0.717, 1.165) is 25.7 Å². The zero-order valence-electron chi connectivity index (χ0n) is 9.93. The molecule has 1 aliphatic rings. The number of carbonyl (C=O) groups is 1. The van der Waals surface area contributed by atoms with Gasteiger partial charge in [-0.05, 0) is 26.9 Å². The first-order chi connectivity index (χ1) is 7.48. The minimum absolute atomic E-state index is 0.136. The third-order valence-corrected chi connectivity index (χ3v) is 3.52. The van der Waals surface area contributed by atoms with Gasteiger partial charge in [-0.25, -0.2) is 0 Å². The van der Waals surface area contributed by atoms with Crippen LogP contribution in [0.3, 0.4) is 0 Å². The van der Waals surface area contributed by atoms with Gasteiger partial charge in [0, 0.05) is 12.1 Å². The molecule has 1 saturated carbocycles. The van der Waals surface area contributed by atoms with Crippen LogP contribution in [0.15, 0.2) is 0 Å². The van der Waals surface area contributed by atoms with E-state index in [-0.39, 0.29) is 5.54 Å². The van der Waals surface area contributed by atoms with Crippen molar-refractivity contribution in [3.63, 3.8) is 0 Å². The van der Waals surface area contributed by atoms with E-state index in [0.29, 0.717) is 6.54 Å². The van der Waals surface area contributed by atoms with Crippen molar-refractivity contribution in [3.8, 4) is 0 Å². The van der Waals surface area contributed by atoms with E-state index in [1.807, 2.05) is 14.1 Å². The van der Waals surface area contributed by atoms with E-state index in [4.69, 9.17) is 0 Å². The molecule has 3 nitrogen and oxygen atoms in total. The monoisotopic (exact) mass is 234 g/mol. The van der Waals surface area contributed by atoms with E-state index in [1.165, 1.54) is 6.42 Å². The van der Waals surface area contributed by atoms with Gasteiger partial charge in [0.05, 0.1) is 0 Å². The highest BCUT2D eigenvalue weighted by Gasteiger charge is 2.35. The Bertz CT molecular complexity index is 238. The summed E-state index contributed by atoms with van der Waals surface area (Å²) in [7, 11) is 3.89. The summed E-state index contributed by atoms with van der Waals surface area (Å²) in [6.07, 6.45) is 2.40. The van der Waals surface area contributed by atoms with Crippen molar-refractivity contribution >= 4 is 5.91 Å². The van der Waals surface area contributed by atoms with Gasteiger partial charge in [-0.2, -0.15) is 8.78 Å². The molecular formula is C11H20F2N2O. The topological polar surface area (TPSA) is 32.3 Å². The van der Waals surface area contributed by atoms with E-state index in [1.54, 1.807) is 0 Å². The second-order valence-corrected chi connectivity index (χ2v) is 4.70. The second kappa shape index (κ2) is 5.57. The first kappa shape index (κ1) is 13.4. The van der Waals surface area contributed by atoms with Crippen molar-refractivity contribution in [1.82, 2.24) is 10.2 Å². The molecule has 0 aromatic rings. The molecule has 0 atom stereocenters. The van der Waals surface area contributed by atoms with Gasteiger partial charge < -0.3 is 10.2 Å². The van der Waals surface area contributed by atoms with Crippen LogP contribution in [-0.2, 0) is 4.79 Å². The normalized spacial score (nSPS) is 20.1. The first-order valence-corrected chi connectivity index (χ1v) is 5.71. The van der Waals surface area contributed by atoms with Crippen LogP contribution in [0, 0.1) is 0 Å². The van der Waals surface area contributed by atoms with Crippen LogP contribution in [0.2, 0.25) is 0 Å². The Kier molecular flexibility index (Phi) is 4.65. The third-order valence-electron chi connectivity index (χ3n) is 3.52. The van der Waals surface area contributed by atoms with Gasteiger partial charge in [0.15, 0.2) is 0 Å². The largest absolute Gasteiger partial charge is 0.349 e. The molecule has 0 spiro atoms. The van der Waals surface area contributed by atoms with Crippen molar-refractivity contribution in [2.75, 3.05) is 20.6 Å². The number of halogens is 2. The van der Waals surface area contributed by atoms with E-state index >= 15 is 0 Å². The molecular weight excluding hydrogens is 214 g/mol. The Morgan fingerprint density at radius 2 is 1.88 bits per heavy atom. The molecule has 0 heterocycles. The molecule has 16 heavy (non-hydrogen) atoms. The summed E-state index contributed by atoms with van der Waals surface area (Å²) in [6.45, 7) is 0.323. The van der Waals surface area contributed by atoms with E-state index in [9.17, 15) is 13.6 Å². The summed E-state index contributed by atoms with van der Waals surface area (Å²) in [6, 6.07) is 0. The number of rotatable bonds is 4. The molecule has 0 aromatic carbocycles. The lowest BCUT2D eigenvalue weighted by atomic mass is 9.80. The highest BCUT2D eigenvalue weighted by atomic mass is 19.3. The van der Waals surface area contributed by atoms with Crippen molar-refractivity contribution in [3.05, 3.63) is 0 Å². The number of likely N-dealkylation sites (N-methyl/N-ethyl adjacent to an activating group) is 1. The molecule has 1 aliphatic carbocycles. The highest BCUT2D eigenvalue weighted by Crippen LogP contribution is 2.31. The fraction of sp³-hybridized carbons (Fsp3) is 0.909. The van der Waals surface area contributed by atoms with Crippen LogP contribution in [0.5, 0.6) is 0 Å². The molecule has 0 radical (unpaired) electrons. The van der Waals surface area contributed by atoms with Gasteiger partial charge in [0.2, 0.25) is 0 Å². The summed E-state index contributed by atoms with van der Waals surface area (Å²) < 4.78 is 24.2. The fourth-order valence-electron chi connectivity index (χ4n) is 2.32. The predicted octanol–water partition coefficient (Wildman–Crippen LogP) is 1.63. The minimum atomic E-state index is -2.91. The Morgan fingerprint density at radius 1 is 1.31 bits per heavy atom. The average molecular weight is 234 g/mol. The molecule has 1 amide bonds. The predicted molar refractivity (Wildman–Crippen MR) is 58.5 cm³/mol. The number of hydrogen-bond acceptors (Lipinski definition) is 2. The van der Waals surface area contributed by atoms with Crippen molar-refractivity contribution < 1.29 is 13.6 Å². The average Bonchev–Trinajstić information content (AvgIpc) is 2.26. The standard InChI is InChI=1S/C11H20F2N2O/c1-15(2)11(6-4-3-5-7-11)8-14-10(16)9(12)13/h9H,3-8H2,1-2H3,(H,14,16). The van der Waals surface area contributed by atoms with Gasteiger partial charge in [0.1, 0.15) is 0 Å². The Balaban J connectivity index is 2.54. The maximum Gasteiger partial charge on any atom is 0.315 e. The molecule has 0 bridgehead atoms. The number of alkyl halides is 2. The van der Waals surface area contributed by atoms with Crippen LogP contribution in [0.25, 0.3) is 0 Å². The number of amides is 1. The lowest BCUT2D eigenvalue weighted by Crippen LogP contribution is -2.54. The quantitative estimate of drug-likeness (QED) is 0.802. The van der Waals surface area contributed by atoms with Gasteiger partial charge in [-0.15, -0.1) is 0 Å². The van der Waals surface area contributed by atoms with Crippen LogP contribution < -0.4 is 5.32 Å². The number of carbonyl (C=O) groups excluding carboxylic acids is 1. The lowest BCUT2D eigenvalue weighted by Gasteiger charge is -2.43. The molecule has 0 aromatic heterocycles. The van der Waals surface area contributed by atoms with Crippen LogP contribution in [-0.4, -0.2) is 43.4 Å². The van der Waals surface area contributed by atoms with Gasteiger partial charge in [0.25, 0.3) is 5.91 Å². The van der Waals surface area contributed by atoms with Crippen molar-refractivity contribution in [1.29, 1.82) is 0 Å². The Hall–Kier alpha value is -0.710. The summed E-state index contributed by atoms with van der Waals surface area (Å²) in [5, 5.41) is 2.34. The molecule has 1 rings (SSSR count). The maximum atomic E-state index is 12.1. The fourth-order valence-corrected chi connectivity index (χ4v) is 2.32. The zero-order valence-corrected chi connectivity index (χ0v) is 9.93. The molecule has 5 heteroatoms. The highest BCUT2D eigenvalue weighted by molar-refractivity contribution is 5.79. The molecule has 0 saturated heterocycles. The zero-order chi connectivity index (χ0) is 12.2.